The van der Waals surface area contributed by atoms with Crippen molar-refractivity contribution in [3.63, 3.8) is 0 Å². The van der Waals surface area contributed by atoms with E-state index in [0.29, 0.717) is 30.4 Å². The van der Waals surface area contributed by atoms with Gasteiger partial charge in [-0.15, -0.1) is 12.3 Å². The lowest BCUT2D eigenvalue weighted by Crippen LogP contribution is -2.42. The molecule has 1 unspecified atom stereocenters. The molecule has 1 aliphatic rings. The number of rotatable bonds is 4. The smallest absolute Gasteiger partial charge is 0.327 e. The number of anilines is 1. The molecule has 2 amide bonds. The number of ether oxygens (including phenoxy) is 2. The average Bonchev–Trinajstić information content (AvgIpc) is 2.46. The lowest BCUT2D eigenvalue weighted by Gasteiger charge is -2.19. The van der Waals surface area contributed by atoms with Crippen molar-refractivity contribution in [3.8, 4) is 23.8 Å². The number of terminal acetylenes is 1. The van der Waals surface area contributed by atoms with Gasteiger partial charge in [-0.1, -0.05) is 0 Å². The van der Waals surface area contributed by atoms with Crippen molar-refractivity contribution in [1.29, 1.82) is 0 Å². The minimum Gasteiger partial charge on any atom is -0.486 e. The molecule has 3 N–H and O–H groups in total. The molecule has 7 heteroatoms. The van der Waals surface area contributed by atoms with Gasteiger partial charge in [-0.3, -0.25) is 0 Å². The molecule has 7 nitrogen and oxygen atoms in total. The fourth-order valence-corrected chi connectivity index (χ4v) is 1.76. The van der Waals surface area contributed by atoms with Crippen LogP contribution < -0.4 is 20.1 Å². The van der Waals surface area contributed by atoms with Gasteiger partial charge in [-0.2, -0.15) is 0 Å². The van der Waals surface area contributed by atoms with E-state index in [1.54, 1.807) is 18.2 Å². The molecule has 0 aromatic heterocycles. The van der Waals surface area contributed by atoms with Gasteiger partial charge in [-0.25, -0.2) is 9.59 Å². The van der Waals surface area contributed by atoms with Crippen molar-refractivity contribution in [2.75, 3.05) is 18.5 Å². The molecule has 1 atom stereocenters. The van der Waals surface area contributed by atoms with E-state index >= 15 is 0 Å². The lowest BCUT2D eigenvalue weighted by molar-refractivity contribution is -0.139. The second-order valence-electron chi connectivity index (χ2n) is 4.26. The highest BCUT2D eigenvalue weighted by atomic mass is 16.6. The van der Waals surface area contributed by atoms with Crippen LogP contribution in [0.5, 0.6) is 11.5 Å². The van der Waals surface area contributed by atoms with E-state index in [1.165, 1.54) is 0 Å². The summed E-state index contributed by atoms with van der Waals surface area (Å²) in [5, 5.41) is 13.7. The first-order valence-corrected chi connectivity index (χ1v) is 6.23. The molecular formula is C14H14N2O5. The molecule has 0 spiro atoms. The molecule has 2 rings (SSSR count). The Bertz CT molecular complexity index is 594. The van der Waals surface area contributed by atoms with Gasteiger partial charge in [-0.05, 0) is 12.1 Å². The van der Waals surface area contributed by atoms with Gasteiger partial charge in [0.25, 0.3) is 0 Å². The van der Waals surface area contributed by atoms with Crippen molar-refractivity contribution in [2.45, 2.75) is 12.5 Å². The maximum absolute atomic E-state index is 11.7. The Morgan fingerprint density at radius 1 is 1.33 bits per heavy atom. The molecule has 0 saturated carbocycles. The number of hydrogen-bond donors (Lipinski definition) is 3. The van der Waals surface area contributed by atoms with E-state index in [4.69, 9.17) is 21.0 Å². The number of fused-ring (bicyclic) bond motifs is 1. The van der Waals surface area contributed by atoms with Gasteiger partial charge in [0.15, 0.2) is 11.5 Å². The summed E-state index contributed by atoms with van der Waals surface area (Å²) in [6.45, 7) is 0.915. The normalized spacial score (nSPS) is 13.7. The minimum absolute atomic E-state index is 0.0934. The predicted octanol–water partition coefficient (Wildman–Crippen LogP) is 1.06. The van der Waals surface area contributed by atoms with E-state index in [1.807, 2.05) is 0 Å². The number of benzene rings is 1. The number of aliphatic carboxylic acids is 1. The third kappa shape index (κ3) is 3.79. The fraction of sp³-hybridized carbons (Fsp3) is 0.286. The van der Waals surface area contributed by atoms with Gasteiger partial charge < -0.3 is 25.2 Å². The van der Waals surface area contributed by atoms with Crippen LogP contribution in [0.25, 0.3) is 0 Å². The number of urea groups is 1. The fourth-order valence-electron chi connectivity index (χ4n) is 1.76. The predicted molar refractivity (Wildman–Crippen MR) is 74.5 cm³/mol. The van der Waals surface area contributed by atoms with E-state index in [2.05, 4.69) is 16.6 Å². The van der Waals surface area contributed by atoms with Crippen molar-refractivity contribution in [3.05, 3.63) is 18.2 Å². The van der Waals surface area contributed by atoms with Crippen molar-refractivity contribution in [2.24, 2.45) is 0 Å². The first-order chi connectivity index (χ1) is 10.1. The van der Waals surface area contributed by atoms with Crippen LogP contribution in [0.3, 0.4) is 0 Å². The van der Waals surface area contributed by atoms with Gasteiger partial charge >= 0.3 is 12.0 Å². The zero-order valence-corrected chi connectivity index (χ0v) is 11.1. The van der Waals surface area contributed by atoms with E-state index in [0.717, 1.165) is 0 Å². The summed E-state index contributed by atoms with van der Waals surface area (Å²) in [5.41, 5.74) is 0.460. The van der Waals surface area contributed by atoms with Crippen LogP contribution in [0.1, 0.15) is 6.42 Å². The van der Waals surface area contributed by atoms with Crippen LogP contribution in [-0.2, 0) is 4.79 Å². The third-order valence-corrected chi connectivity index (χ3v) is 2.73. The molecule has 1 aromatic carbocycles. The summed E-state index contributed by atoms with van der Waals surface area (Å²) in [7, 11) is 0. The van der Waals surface area contributed by atoms with Gasteiger partial charge in [0.2, 0.25) is 0 Å². The average molecular weight is 290 g/mol. The van der Waals surface area contributed by atoms with E-state index in [-0.39, 0.29) is 6.42 Å². The highest BCUT2D eigenvalue weighted by molar-refractivity contribution is 5.92. The highest BCUT2D eigenvalue weighted by Gasteiger charge is 2.19. The molecule has 0 radical (unpaired) electrons. The van der Waals surface area contributed by atoms with E-state index < -0.39 is 18.0 Å². The zero-order chi connectivity index (χ0) is 15.2. The number of carbonyl (C=O) groups excluding carboxylic acids is 1. The Hall–Kier alpha value is -2.88. The van der Waals surface area contributed by atoms with Gasteiger partial charge in [0.1, 0.15) is 19.3 Å². The molecule has 21 heavy (non-hydrogen) atoms. The van der Waals surface area contributed by atoms with Crippen molar-refractivity contribution < 1.29 is 24.2 Å². The second-order valence-corrected chi connectivity index (χ2v) is 4.26. The van der Waals surface area contributed by atoms with Crippen LogP contribution >= 0.6 is 0 Å². The monoisotopic (exact) mass is 290 g/mol. The molecule has 0 aliphatic carbocycles. The largest absolute Gasteiger partial charge is 0.486 e. The maximum Gasteiger partial charge on any atom is 0.327 e. The molecular weight excluding hydrogens is 276 g/mol. The summed E-state index contributed by atoms with van der Waals surface area (Å²) in [6, 6.07) is 3.11. The molecule has 110 valence electrons. The quantitative estimate of drug-likeness (QED) is 0.720. The van der Waals surface area contributed by atoms with Crippen LogP contribution in [-0.4, -0.2) is 36.4 Å². The van der Waals surface area contributed by atoms with Crippen LogP contribution in [0.15, 0.2) is 18.2 Å². The Kier molecular flexibility index (Phi) is 4.51. The molecule has 1 aliphatic heterocycles. The van der Waals surface area contributed by atoms with Gasteiger partial charge in [0.05, 0.1) is 0 Å². The van der Waals surface area contributed by atoms with Gasteiger partial charge in [0, 0.05) is 18.2 Å². The number of nitrogens with one attached hydrogen (secondary N) is 2. The lowest BCUT2D eigenvalue weighted by atomic mass is 10.2. The minimum atomic E-state index is -1.19. The topological polar surface area (TPSA) is 96.9 Å². The molecule has 1 heterocycles. The summed E-state index contributed by atoms with van der Waals surface area (Å²) < 4.78 is 10.7. The van der Waals surface area contributed by atoms with Crippen LogP contribution in [0.2, 0.25) is 0 Å². The van der Waals surface area contributed by atoms with E-state index in [9.17, 15) is 9.59 Å². The number of carboxylic acids is 1. The Morgan fingerprint density at radius 2 is 2.05 bits per heavy atom. The third-order valence-electron chi connectivity index (χ3n) is 2.73. The standard InChI is InChI=1S/C14H14N2O5/c1-2-3-10(13(17)18)16-14(19)15-9-4-5-11-12(8-9)21-7-6-20-11/h1,4-5,8,10H,3,6-7H2,(H,17,18)(H2,15,16,19). The highest BCUT2D eigenvalue weighted by Crippen LogP contribution is 2.32. The first kappa shape index (κ1) is 14.5. The number of hydrogen-bond acceptors (Lipinski definition) is 4. The van der Waals surface area contributed by atoms with Crippen LogP contribution in [0.4, 0.5) is 10.5 Å². The number of amides is 2. The summed E-state index contributed by atoms with van der Waals surface area (Å²) >= 11 is 0. The molecule has 1 aromatic rings. The first-order valence-electron chi connectivity index (χ1n) is 6.23. The Morgan fingerprint density at radius 3 is 2.71 bits per heavy atom. The number of carbonyl (C=O) groups is 2. The molecule has 0 saturated heterocycles. The van der Waals surface area contributed by atoms with Crippen LogP contribution in [0, 0.1) is 12.3 Å². The SMILES string of the molecule is C#CCC(NC(=O)Nc1ccc2c(c1)OCCO2)C(=O)O. The molecule has 0 fully saturated rings. The summed E-state index contributed by atoms with van der Waals surface area (Å²) in [4.78, 5) is 22.6. The maximum atomic E-state index is 11.7. The zero-order valence-electron chi connectivity index (χ0n) is 11.1. The summed E-state index contributed by atoms with van der Waals surface area (Å²) in [5.74, 6) is 2.14. The Labute approximate surface area is 121 Å². The Balaban J connectivity index is 1.99. The van der Waals surface area contributed by atoms with Crippen molar-refractivity contribution in [1.82, 2.24) is 5.32 Å². The van der Waals surface area contributed by atoms with Crippen molar-refractivity contribution >= 4 is 17.7 Å². The summed E-state index contributed by atoms with van der Waals surface area (Å²) in [6.07, 6.45) is 4.96. The second kappa shape index (κ2) is 6.52. The molecule has 0 bridgehead atoms. The number of carboxylic acid groups (broad SMARTS) is 1.